The molecule has 1 aromatic heterocycles. The molecule has 1 heterocycles. The number of aryl methyl sites for hydroxylation is 1. The number of aromatic nitrogens is 1. The van der Waals surface area contributed by atoms with Gasteiger partial charge in [-0.25, -0.2) is 4.98 Å². The van der Waals surface area contributed by atoms with Gasteiger partial charge in [-0.05, 0) is 36.2 Å². The van der Waals surface area contributed by atoms with Gasteiger partial charge in [-0.2, -0.15) is 0 Å². The minimum atomic E-state index is -0.224. The molecule has 1 aromatic carbocycles. The molecule has 2 rings (SSSR count). The van der Waals surface area contributed by atoms with Crippen LogP contribution in [0, 0.1) is 0 Å². The van der Waals surface area contributed by atoms with Gasteiger partial charge in [0.05, 0.1) is 0 Å². The van der Waals surface area contributed by atoms with Gasteiger partial charge in [0.1, 0.15) is 11.6 Å². The maximum absolute atomic E-state index is 11.6. The molecule has 0 atom stereocenters. The third-order valence-corrected chi connectivity index (χ3v) is 2.63. The van der Waals surface area contributed by atoms with Crippen molar-refractivity contribution in [3.8, 4) is 5.75 Å². The van der Waals surface area contributed by atoms with Crippen molar-refractivity contribution in [2.45, 2.75) is 13.3 Å². The predicted octanol–water partition coefficient (Wildman–Crippen LogP) is 2.66. The van der Waals surface area contributed by atoms with Crippen molar-refractivity contribution in [3.63, 3.8) is 0 Å². The van der Waals surface area contributed by atoms with E-state index < -0.39 is 0 Å². The molecule has 19 heavy (non-hydrogen) atoms. The molecule has 1 amide bonds. The van der Waals surface area contributed by atoms with Crippen LogP contribution in [0.2, 0.25) is 0 Å². The van der Waals surface area contributed by atoms with Crippen LogP contribution >= 0.6 is 0 Å². The van der Waals surface area contributed by atoms with E-state index >= 15 is 0 Å². The number of amides is 1. The third kappa shape index (κ3) is 4.10. The molecule has 0 fully saturated rings. The fourth-order valence-corrected chi connectivity index (χ4v) is 1.59. The molecule has 0 saturated heterocycles. The molecule has 0 bridgehead atoms. The van der Waals surface area contributed by atoms with Crippen molar-refractivity contribution in [2.75, 3.05) is 11.9 Å². The van der Waals surface area contributed by atoms with Crippen molar-refractivity contribution in [2.24, 2.45) is 0 Å². The zero-order valence-corrected chi connectivity index (χ0v) is 10.8. The highest BCUT2D eigenvalue weighted by Gasteiger charge is 2.03. The molecule has 0 saturated carbocycles. The van der Waals surface area contributed by atoms with Gasteiger partial charge in [0.2, 0.25) is 0 Å². The molecule has 0 unspecified atom stereocenters. The molecule has 0 aliphatic rings. The van der Waals surface area contributed by atoms with Crippen LogP contribution in [-0.4, -0.2) is 17.5 Å². The Hall–Kier alpha value is -2.36. The van der Waals surface area contributed by atoms with Crippen LogP contribution in [0.3, 0.4) is 0 Å². The number of ether oxygens (including phenoxy) is 1. The lowest BCUT2D eigenvalue weighted by Gasteiger charge is -2.07. The highest BCUT2D eigenvalue weighted by Crippen LogP contribution is 2.12. The number of nitrogens with one attached hydrogen (secondary N) is 1. The molecule has 4 heteroatoms. The number of carbonyl (C=O) groups excluding carboxylic acids is 1. The lowest BCUT2D eigenvalue weighted by Crippen LogP contribution is -2.20. The summed E-state index contributed by atoms with van der Waals surface area (Å²) < 4.78 is 5.40. The number of benzene rings is 1. The van der Waals surface area contributed by atoms with E-state index in [0.29, 0.717) is 11.6 Å². The molecule has 98 valence electrons. The van der Waals surface area contributed by atoms with Gasteiger partial charge in [-0.15, -0.1) is 0 Å². The van der Waals surface area contributed by atoms with E-state index in [9.17, 15) is 4.79 Å². The van der Waals surface area contributed by atoms with E-state index in [1.54, 1.807) is 18.3 Å². The Labute approximate surface area is 112 Å². The van der Waals surface area contributed by atoms with Crippen LogP contribution in [0.5, 0.6) is 5.75 Å². The van der Waals surface area contributed by atoms with Crippen LogP contribution in [-0.2, 0) is 11.2 Å². The van der Waals surface area contributed by atoms with Gasteiger partial charge < -0.3 is 10.1 Å². The summed E-state index contributed by atoms with van der Waals surface area (Å²) in [5, 5.41) is 2.66. The van der Waals surface area contributed by atoms with Crippen molar-refractivity contribution >= 4 is 11.7 Å². The van der Waals surface area contributed by atoms with E-state index in [2.05, 4.69) is 17.2 Å². The standard InChI is InChI=1S/C15H16N2O2/c1-2-12-6-8-13(9-7-12)19-11-15(18)17-14-5-3-4-10-16-14/h3-10H,2,11H2,1H3,(H,16,17,18). The van der Waals surface area contributed by atoms with Gasteiger partial charge in [0, 0.05) is 6.20 Å². The molecule has 2 aromatic rings. The molecule has 4 nitrogen and oxygen atoms in total. The zero-order chi connectivity index (χ0) is 13.5. The van der Waals surface area contributed by atoms with E-state index in [0.717, 1.165) is 6.42 Å². The van der Waals surface area contributed by atoms with Gasteiger partial charge in [0.15, 0.2) is 6.61 Å². The number of hydrogen-bond donors (Lipinski definition) is 1. The molecular weight excluding hydrogens is 240 g/mol. The van der Waals surface area contributed by atoms with Crippen LogP contribution in [0.1, 0.15) is 12.5 Å². The molecular formula is C15H16N2O2. The Morgan fingerprint density at radius 2 is 2.00 bits per heavy atom. The second kappa shape index (κ2) is 6.54. The van der Waals surface area contributed by atoms with Crippen molar-refractivity contribution in [1.29, 1.82) is 0 Å². The summed E-state index contributed by atoms with van der Waals surface area (Å²) in [6.45, 7) is 2.07. The molecule has 1 N–H and O–H groups in total. The van der Waals surface area contributed by atoms with Crippen LogP contribution < -0.4 is 10.1 Å². The Bertz CT molecular complexity index is 524. The van der Waals surface area contributed by atoms with Gasteiger partial charge in [0.25, 0.3) is 5.91 Å². The van der Waals surface area contributed by atoms with Gasteiger partial charge in [-0.3, -0.25) is 4.79 Å². The molecule has 0 aliphatic carbocycles. The summed E-state index contributed by atoms with van der Waals surface area (Å²) in [4.78, 5) is 15.6. The normalized spacial score (nSPS) is 9.95. The van der Waals surface area contributed by atoms with Crippen molar-refractivity contribution < 1.29 is 9.53 Å². The van der Waals surface area contributed by atoms with E-state index in [4.69, 9.17) is 4.74 Å². The predicted molar refractivity (Wildman–Crippen MR) is 74.2 cm³/mol. The Kier molecular flexibility index (Phi) is 4.50. The zero-order valence-electron chi connectivity index (χ0n) is 10.8. The number of pyridine rings is 1. The summed E-state index contributed by atoms with van der Waals surface area (Å²) in [7, 11) is 0. The smallest absolute Gasteiger partial charge is 0.263 e. The fraction of sp³-hybridized carbons (Fsp3) is 0.200. The SMILES string of the molecule is CCc1ccc(OCC(=O)Nc2ccccn2)cc1. The van der Waals surface area contributed by atoms with E-state index in [1.165, 1.54) is 5.56 Å². The number of rotatable bonds is 5. The van der Waals surface area contributed by atoms with Crippen molar-refractivity contribution in [3.05, 3.63) is 54.2 Å². The lowest BCUT2D eigenvalue weighted by molar-refractivity contribution is -0.118. The second-order valence-electron chi connectivity index (χ2n) is 4.05. The number of hydrogen-bond acceptors (Lipinski definition) is 3. The van der Waals surface area contributed by atoms with Gasteiger partial charge in [-0.1, -0.05) is 25.1 Å². The van der Waals surface area contributed by atoms with Crippen molar-refractivity contribution in [1.82, 2.24) is 4.98 Å². The average molecular weight is 256 g/mol. The van der Waals surface area contributed by atoms with E-state index in [1.807, 2.05) is 30.3 Å². The number of carbonyl (C=O) groups is 1. The number of nitrogens with zero attached hydrogens (tertiary/aromatic N) is 1. The summed E-state index contributed by atoms with van der Waals surface area (Å²) in [6, 6.07) is 13.1. The largest absolute Gasteiger partial charge is 0.484 e. The second-order valence-corrected chi connectivity index (χ2v) is 4.05. The summed E-state index contributed by atoms with van der Waals surface area (Å²) in [5.74, 6) is 0.990. The number of anilines is 1. The summed E-state index contributed by atoms with van der Waals surface area (Å²) in [5.41, 5.74) is 1.24. The highest BCUT2D eigenvalue weighted by molar-refractivity contribution is 5.90. The molecule has 0 aliphatic heterocycles. The highest BCUT2D eigenvalue weighted by atomic mass is 16.5. The first-order chi connectivity index (χ1) is 9.28. The molecule has 0 radical (unpaired) electrons. The molecule has 0 spiro atoms. The first-order valence-corrected chi connectivity index (χ1v) is 6.20. The fourth-order valence-electron chi connectivity index (χ4n) is 1.59. The lowest BCUT2D eigenvalue weighted by atomic mass is 10.2. The van der Waals surface area contributed by atoms with Crippen LogP contribution in [0.25, 0.3) is 0 Å². The van der Waals surface area contributed by atoms with Crippen LogP contribution in [0.4, 0.5) is 5.82 Å². The quantitative estimate of drug-likeness (QED) is 0.894. The Balaban J connectivity index is 1.83. The first-order valence-electron chi connectivity index (χ1n) is 6.20. The van der Waals surface area contributed by atoms with Crippen LogP contribution in [0.15, 0.2) is 48.7 Å². The van der Waals surface area contributed by atoms with Gasteiger partial charge >= 0.3 is 0 Å². The average Bonchev–Trinajstić information content (AvgIpc) is 2.47. The maximum Gasteiger partial charge on any atom is 0.263 e. The first kappa shape index (κ1) is 13.1. The van der Waals surface area contributed by atoms with E-state index in [-0.39, 0.29) is 12.5 Å². The third-order valence-electron chi connectivity index (χ3n) is 2.63. The summed E-state index contributed by atoms with van der Waals surface area (Å²) >= 11 is 0. The minimum Gasteiger partial charge on any atom is -0.484 e. The minimum absolute atomic E-state index is 0.0257. The summed E-state index contributed by atoms with van der Waals surface area (Å²) in [6.07, 6.45) is 2.61. The topological polar surface area (TPSA) is 51.2 Å². The Morgan fingerprint density at radius 1 is 1.21 bits per heavy atom. The monoisotopic (exact) mass is 256 g/mol. The maximum atomic E-state index is 11.6. The Morgan fingerprint density at radius 3 is 2.63 bits per heavy atom.